The van der Waals surface area contributed by atoms with Crippen molar-refractivity contribution in [3.63, 3.8) is 0 Å². The molecule has 0 heterocycles. The molecule has 0 saturated carbocycles. The van der Waals surface area contributed by atoms with E-state index in [4.69, 9.17) is 16.3 Å². The molecule has 2 aromatic rings. The second-order valence-electron chi connectivity index (χ2n) is 7.60. The molecule has 0 spiro atoms. The van der Waals surface area contributed by atoms with Crippen LogP contribution in [0.5, 0.6) is 5.75 Å². The zero-order valence-corrected chi connectivity index (χ0v) is 17.8. The number of ether oxygens (including phenoxy) is 1. The third kappa shape index (κ3) is 6.62. The Balaban J connectivity index is 1.83. The molecule has 26 heavy (non-hydrogen) atoms. The van der Waals surface area contributed by atoms with Crippen LogP contribution >= 0.6 is 11.6 Å². The number of carbonyl (C=O) groups excluding carboxylic acids is 1. The predicted molar refractivity (Wildman–Crippen MR) is 114 cm³/mol. The summed E-state index contributed by atoms with van der Waals surface area (Å²) in [5.74, 6) is 0.911. The average Bonchev–Trinajstić information content (AvgIpc) is 2.64. The largest absolute Gasteiger partial charge is 0.494 e. The number of halogens is 1. The minimum Gasteiger partial charge on any atom is -0.494 e. The summed E-state index contributed by atoms with van der Waals surface area (Å²) in [5, 5.41) is -0.429. The van der Waals surface area contributed by atoms with Gasteiger partial charge in [0.1, 0.15) is 5.75 Å². The van der Waals surface area contributed by atoms with E-state index in [9.17, 15) is 4.79 Å². The summed E-state index contributed by atoms with van der Waals surface area (Å²) in [5.41, 5.74) is 2.67. The number of rotatable bonds is 10. The van der Waals surface area contributed by atoms with Crippen LogP contribution in [0.3, 0.4) is 0 Å². The van der Waals surface area contributed by atoms with Gasteiger partial charge in [0, 0.05) is 13.6 Å². The number of benzene rings is 2. The summed E-state index contributed by atoms with van der Waals surface area (Å²) >= 11 is 5.48. The van der Waals surface area contributed by atoms with E-state index >= 15 is 0 Å². The van der Waals surface area contributed by atoms with Crippen molar-refractivity contribution >= 4 is 24.9 Å². The first kappa shape index (κ1) is 20.7. The highest BCUT2D eigenvalue weighted by atomic mass is 35.5. The van der Waals surface area contributed by atoms with Gasteiger partial charge in [0.2, 0.25) is 0 Å². The van der Waals surface area contributed by atoms with Crippen LogP contribution in [0, 0.1) is 0 Å². The molecule has 2 nitrogen and oxygen atoms in total. The maximum Gasteiger partial charge on any atom is 0.252 e. The number of carbonyl (C=O) groups is 1. The quantitative estimate of drug-likeness (QED) is 0.248. The molecule has 0 aliphatic carbocycles. The summed E-state index contributed by atoms with van der Waals surface area (Å²) in [6.07, 6.45) is 3.80. The van der Waals surface area contributed by atoms with Gasteiger partial charge in [-0.1, -0.05) is 69.2 Å². The van der Waals surface area contributed by atoms with Crippen molar-refractivity contribution in [2.24, 2.45) is 0 Å². The SMILES string of the molecule is CCCC[Si](C)(C)CCCOc1ccc(-c2ccc(C(=O)Cl)cc2)cc1. The Labute approximate surface area is 163 Å². The molecule has 2 rings (SSSR count). The van der Waals surface area contributed by atoms with Crippen molar-refractivity contribution in [3.05, 3.63) is 54.1 Å². The smallest absolute Gasteiger partial charge is 0.252 e. The standard InChI is InChI=1S/C22H29ClO2Si/c1-4-5-16-26(2,3)17-6-15-25-21-13-11-19(12-14-21)18-7-9-20(10-8-18)22(23)24/h7-14H,4-6,15-17H2,1-3H3. The van der Waals surface area contributed by atoms with Crippen LogP contribution in [0.15, 0.2) is 48.5 Å². The molecule has 0 fully saturated rings. The molecule has 0 bridgehead atoms. The van der Waals surface area contributed by atoms with Crippen molar-refractivity contribution < 1.29 is 9.53 Å². The van der Waals surface area contributed by atoms with E-state index < -0.39 is 13.3 Å². The first-order valence-corrected chi connectivity index (χ1v) is 13.2. The fourth-order valence-electron chi connectivity index (χ4n) is 3.06. The summed E-state index contributed by atoms with van der Waals surface area (Å²) in [6.45, 7) is 8.03. The van der Waals surface area contributed by atoms with Crippen LogP contribution in [0.1, 0.15) is 36.5 Å². The molecule has 0 aliphatic rings. The maximum atomic E-state index is 11.1. The van der Waals surface area contributed by atoms with E-state index in [1.807, 2.05) is 36.4 Å². The monoisotopic (exact) mass is 388 g/mol. The van der Waals surface area contributed by atoms with Crippen LogP contribution in [0.25, 0.3) is 11.1 Å². The molecule has 0 amide bonds. The lowest BCUT2D eigenvalue weighted by Crippen LogP contribution is -2.25. The molecule has 0 N–H and O–H groups in total. The number of unbranched alkanes of at least 4 members (excludes halogenated alkanes) is 1. The molecule has 0 unspecified atom stereocenters. The van der Waals surface area contributed by atoms with Crippen LogP contribution < -0.4 is 4.74 Å². The third-order valence-electron chi connectivity index (χ3n) is 4.77. The van der Waals surface area contributed by atoms with Gasteiger partial charge < -0.3 is 4.74 Å². The van der Waals surface area contributed by atoms with Crippen molar-refractivity contribution in [2.45, 2.75) is 51.4 Å². The molecule has 4 heteroatoms. The fraction of sp³-hybridized carbons (Fsp3) is 0.409. The topological polar surface area (TPSA) is 26.3 Å². The van der Waals surface area contributed by atoms with Gasteiger partial charge in [0.15, 0.2) is 0 Å². The number of hydrogen-bond donors (Lipinski definition) is 0. The van der Waals surface area contributed by atoms with Crippen LogP contribution in [-0.4, -0.2) is 19.9 Å². The lowest BCUT2D eigenvalue weighted by molar-refractivity contribution is 0.108. The lowest BCUT2D eigenvalue weighted by atomic mass is 10.0. The fourth-order valence-corrected chi connectivity index (χ4v) is 5.85. The predicted octanol–water partition coefficient (Wildman–Crippen LogP) is 7.01. The molecular formula is C22H29ClO2Si. The maximum absolute atomic E-state index is 11.1. The first-order chi connectivity index (χ1) is 12.4. The van der Waals surface area contributed by atoms with Crippen LogP contribution in [0.4, 0.5) is 0 Å². The Hall–Kier alpha value is -1.58. The van der Waals surface area contributed by atoms with Gasteiger partial charge in [-0.15, -0.1) is 0 Å². The van der Waals surface area contributed by atoms with Gasteiger partial charge in [-0.2, -0.15) is 0 Å². The Bertz CT molecular complexity index is 693. The van der Waals surface area contributed by atoms with Gasteiger partial charge in [-0.3, -0.25) is 4.79 Å². The van der Waals surface area contributed by atoms with E-state index in [2.05, 4.69) is 20.0 Å². The second-order valence-corrected chi connectivity index (χ2v) is 13.3. The summed E-state index contributed by atoms with van der Waals surface area (Å²) in [6, 6.07) is 18.2. The molecule has 0 saturated heterocycles. The molecule has 2 aromatic carbocycles. The minimum atomic E-state index is -1.04. The highest BCUT2D eigenvalue weighted by molar-refractivity contribution is 6.77. The normalized spacial score (nSPS) is 11.4. The van der Waals surface area contributed by atoms with Crippen LogP contribution in [0.2, 0.25) is 25.2 Å². The second kappa shape index (κ2) is 9.93. The van der Waals surface area contributed by atoms with E-state index in [1.165, 1.54) is 24.9 Å². The zero-order chi connectivity index (χ0) is 19.0. The van der Waals surface area contributed by atoms with E-state index in [0.717, 1.165) is 29.9 Å². The van der Waals surface area contributed by atoms with E-state index in [0.29, 0.717) is 5.56 Å². The van der Waals surface area contributed by atoms with Gasteiger partial charge in [-0.25, -0.2) is 0 Å². The van der Waals surface area contributed by atoms with Crippen molar-refractivity contribution in [1.82, 2.24) is 0 Å². The molecule has 140 valence electrons. The van der Waals surface area contributed by atoms with Gasteiger partial charge in [0.25, 0.3) is 5.24 Å². The molecule has 0 aromatic heterocycles. The Morgan fingerprint density at radius 3 is 2.00 bits per heavy atom. The molecule has 0 radical (unpaired) electrons. The highest BCUT2D eigenvalue weighted by Crippen LogP contribution is 2.24. The molecular weight excluding hydrogens is 360 g/mol. The van der Waals surface area contributed by atoms with Gasteiger partial charge in [0.05, 0.1) is 6.61 Å². The minimum absolute atomic E-state index is 0.429. The Kier molecular flexibility index (Phi) is 7.92. The first-order valence-electron chi connectivity index (χ1n) is 9.44. The number of hydrogen-bond acceptors (Lipinski definition) is 2. The highest BCUT2D eigenvalue weighted by Gasteiger charge is 2.18. The molecule has 0 atom stereocenters. The molecule has 0 aliphatic heterocycles. The van der Waals surface area contributed by atoms with E-state index in [1.54, 1.807) is 12.1 Å². The average molecular weight is 389 g/mol. The van der Waals surface area contributed by atoms with Crippen molar-refractivity contribution in [2.75, 3.05) is 6.61 Å². The van der Waals surface area contributed by atoms with Gasteiger partial charge >= 0.3 is 0 Å². The van der Waals surface area contributed by atoms with Gasteiger partial charge in [-0.05, 0) is 53.4 Å². The Morgan fingerprint density at radius 1 is 0.923 bits per heavy atom. The van der Waals surface area contributed by atoms with Crippen LogP contribution in [-0.2, 0) is 0 Å². The summed E-state index contributed by atoms with van der Waals surface area (Å²) in [7, 11) is -1.04. The van der Waals surface area contributed by atoms with Crippen molar-refractivity contribution in [1.29, 1.82) is 0 Å². The van der Waals surface area contributed by atoms with Crippen molar-refractivity contribution in [3.8, 4) is 16.9 Å². The summed E-state index contributed by atoms with van der Waals surface area (Å²) < 4.78 is 5.91. The summed E-state index contributed by atoms with van der Waals surface area (Å²) in [4.78, 5) is 11.1. The third-order valence-corrected chi connectivity index (χ3v) is 8.41. The van der Waals surface area contributed by atoms with E-state index in [-0.39, 0.29) is 0 Å². The zero-order valence-electron chi connectivity index (χ0n) is 16.1. The lowest BCUT2D eigenvalue weighted by Gasteiger charge is -2.22. The Morgan fingerprint density at radius 2 is 1.46 bits per heavy atom.